The van der Waals surface area contributed by atoms with E-state index in [0.717, 1.165) is 0 Å². The number of sulfonamides is 1. The first-order valence-corrected chi connectivity index (χ1v) is 13.1. The molecular weight excluding hydrogens is 402 g/mol. The van der Waals surface area contributed by atoms with Gasteiger partial charge in [-0.3, -0.25) is 3.97 Å². The molecule has 0 amide bonds. The van der Waals surface area contributed by atoms with Gasteiger partial charge in [0.05, 0.1) is 0 Å². The molecule has 0 unspecified atom stereocenters. The molecule has 7 nitrogen and oxygen atoms in total. The molecule has 0 aliphatic heterocycles. The van der Waals surface area contributed by atoms with Gasteiger partial charge in [0, 0.05) is 18.1 Å². The van der Waals surface area contributed by atoms with Gasteiger partial charge in [0.25, 0.3) is 21.0 Å². The lowest BCUT2D eigenvalue weighted by molar-refractivity contribution is 0.587. The van der Waals surface area contributed by atoms with Gasteiger partial charge in [0.1, 0.15) is 0 Å². The standard InChI is InChI=1S/C20H23N5O2SSi/c1-4-15-29(16-5-2,17-6-3)25(18-11-8-7-9-12-18)28(26,27)20-22-19-21-13-10-14-24(19)23-20/h4-14H,1-3,15-17H2. The van der Waals surface area contributed by atoms with Crippen LogP contribution in [0.3, 0.4) is 0 Å². The Bertz CT molecular complexity index is 1070. The average Bonchev–Trinajstić information content (AvgIpc) is 3.15. The van der Waals surface area contributed by atoms with Crippen molar-refractivity contribution in [3.8, 4) is 0 Å². The lowest BCUT2D eigenvalue weighted by Crippen LogP contribution is -2.56. The molecule has 0 saturated heterocycles. The zero-order valence-electron chi connectivity index (χ0n) is 16.1. The van der Waals surface area contributed by atoms with E-state index in [-0.39, 0.29) is 10.9 Å². The van der Waals surface area contributed by atoms with E-state index in [1.807, 2.05) is 18.2 Å². The zero-order chi connectivity index (χ0) is 20.9. The van der Waals surface area contributed by atoms with Crippen LogP contribution < -0.4 is 3.97 Å². The van der Waals surface area contributed by atoms with Crippen LogP contribution in [-0.2, 0) is 10.0 Å². The topological polar surface area (TPSA) is 80.5 Å². The van der Waals surface area contributed by atoms with Gasteiger partial charge in [0.15, 0.2) is 8.24 Å². The largest absolute Gasteiger partial charge is 0.294 e. The van der Waals surface area contributed by atoms with Crippen LogP contribution in [0.1, 0.15) is 0 Å². The highest BCUT2D eigenvalue weighted by atomic mass is 32.2. The van der Waals surface area contributed by atoms with Crippen LogP contribution >= 0.6 is 0 Å². The number of nitrogens with zero attached hydrogens (tertiary/aromatic N) is 5. The summed E-state index contributed by atoms with van der Waals surface area (Å²) in [5.41, 5.74) is 0.566. The van der Waals surface area contributed by atoms with Gasteiger partial charge in [0.2, 0.25) is 0 Å². The van der Waals surface area contributed by atoms with Crippen LogP contribution in [0.25, 0.3) is 5.78 Å². The van der Waals surface area contributed by atoms with Crippen molar-refractivity contribution in [2.75, 3.05) is 3.97 Å². The second-order valence-corrected chi connectivity index (χ2v) is 12.7. The minimum atomic E-state index is -4.07. The summed E-state index contributed by atoms with van der Waals surface area (Å²) < 4.78 is 30.6. The maximum atomic E-state index is 13.9. The van der Waals surface area contributed by atoms with Crippen molar-refractivity contribution in [3.63, 3.8) is 0 Å². The predicted molar refractivity (Wildman–Crippen MR) is 118 cm³/mol. The minimum Gasteiger partial charge on any atom is -0.291 e. The number of hydrogen-bond donors (Lipinski definition) is 0. The van der Waals surface area contributed by atoms with Crippen molar-refractivity contribution in [3.05, 3.63) is 86.8 Å². The third-order valence-corrected chi connectivity index (χ3v) is 12.0. The first kappa shape index (κ1) is 20.7. The fraction of sp³-hybridized carbons (Fsp3) is 0.150. The van der Waals surface area contributed by atoms with Crippen molar-refractivity contribution in [1.29, 1.82) is 0 Å². The lowest BCUT2D eigenvalue weighted by Gasteiger charge is -2.40. The first-order valence-electron chi connectivity index (χ1n) is 9.09. The highest BCUT2D eigenvalue weighted by Crippen LogP contribution is 2.36. The molecule has 0 radical (unpaired) electrons. The SMILES string of the molecule is C=CC[Si](CC=C)(CC=C)N(c1ccccc1)S(=O)(=O)c1nc2ncccn2n1. The summed E-state index contributed by atoms with van der Waals surface area (Å²) >= 11 is 0. The number of fused-ring (bicyclic) bond motifs is 1. The molecule has 0 aliphatic carbocycles. The lowest BCUT2D eigenvalue weighted by atomic mass is 10.3. The van der Waals surface area contributed by atoms with Crippen molar-refractivity contribution in [2.24, 2.45) is 0 Å². The zero-order valence-corrected chi connectivity index (χ0v) is 17.9. The van der Waals surface area contributed by atoms with Crippen LogP contribution in [0.4, 0.5) is 5.69 Å². The third-order valence-electron chi connectivity index (χ3n) is 4.56. The molecule has 3 aromatic rings. The van der Waals surface area contributed by atoms with Crippen molar-refractivity contribution >= 4 is 29.7 Å². The van der Waals surface area contributed by atoms with Crippen LogP contribution in [0.5, 0.6) is 0 Å². The molecule has 1 aromatic carbocycles. The second-order valence-electron chi connectivity index (χ2n) is 6.57. The monoisotopic (exact) mass is 425 g/mol. The molecule has 0 atom stereocenters. The summed E-state index contributed by atoms with van der Waals surface area (Å²) in [5.74, 6) is 0.225. The average molecular weight is 426 g/mol. The van der Waals surface area contributed by atoms with E-state index in [0.29, 0.717) is 23.8 Å². The molecule has 29 heavy (non-hydrogen) atoms. The summed E-state index contributed by atoms with van der Waals surface area (Å²) in [7, 11) is -6.82. The van der Waals surface area contributed by atoms with Crippen molar-refractivity contribution in [1.82, 2.24) is 19.6 Å². The highest BCUT2D eigenvalue weighted by molar-refractivity contribution is 7.94. The Hall–Kier alpha value is -3.04. The Kier molecular flexibility index (Phi) is 6.09. The number of rotatable bonds is 10. The quantitative estimate of drug-likeness (QED) is 0.364. The van der Waals surface area contributed by atoms with E-state index in [4.69, 9.17) is 0 Å². The highest BCUT2D eigenvalue weighted by Gasteiger charge is 2.46. The number of allylic oxidation sites excluding steroid dienone is 3. The number of benzene rings is 1. The molecule has 2 aromatic heterocycles. The molecule has 0 N–H and O–H groups in total. The van der Waals surface area contributed by atoms with Gasteiger partial charge in [-0.25, -0.2) is 9.50 Å². The molecule has 9 heteroatoms. The van der Waals surface area contributed by atoms with E-state index >= 15 is 0 Å². The van der Waals surface area contributed by atoms with E-state index in [1.165, 1.54) is 8.49 Å². The Balaban J connectivity index is 2.27. The molecule has 0 bridgehead atoms. The van der Waals surface area contributed by atoms with Crippen LogP contribution in [0, 0.1) is 0 Å². The number of anilines is 1. The molecule has 150 valence electrons. The Morgan fingerprint density at radius 3 is 2.17 bits per heavy atom. The normalized spacial score (nSPS) is 11.9. The van der Waals surface area contributed by atoms with Gasteiger partial charge in [-0.05, 0) is 36.3 Å². The van der Waals surface area contributed by atoms with Gasteiger partial charge in [-0.1, -0.05) is 36.4 Å². The molecule has 2 heterocycles. The van der Waals surface area contributed by atoms with E-state index < -0.39 is 18.3 Å². The van der Waals surface area contributed by atoms with E-state index in [1.54, 1.807) is 48.8 Å². The summed E-state index contributed by atoms with van der Waals surface area (Å²) in [6.07, 6.45) is 8.46. The molecular formula is C20H23N5O2SSi. The molecule has 0 spiro atoms. The smallest absolute Gasteiger partial charge is 0.291 e. The van der Waals surface area contributed by atoms with Crippen molar-refractivity contribution < 1.29 is 8.42 Å². The fourth-order valence-corrected chi connectivity index (χ4v) is 10.7. The van der Waals surface area contributed by atoms with Gasteiger partial charge >= 0.3 is 0 Å². The summed E-state index contributed by atoms with van der Waals surface area (Å²) in [5, 5.41) is 3.90. The Morgan fingerprint density at radius 2 is 1.62 bits per heavy atom. The van der Waals surface area contributed by atoms with Crippen molar-refractivity contribution in [2.45, 2.75) is 23.3 Å². The maximum Gasteiger partial charge on any atom is 0.294 e. The molecule has 0 aliphatic rings. The Labute approximate surface area is 171 Å². The number of hydrogen-bond acceptors (Lipinski definition) is 5. The van der Waals surface area contributed by atoms with Crippen LogP contribution in [-0.4, -0.2) is 36.2 Å². The number of para-hydroxylation sites is 1. The second kappa shape index (κ2) is 8.54. The Morgan fingerprint density at radius 1 is 1.00 bits per heavy atom. The number of aromatic nitrogens is 4. The van der Waals surface area contributed by atoms with E-state index in [9.17, 15) is 8.42 Å². The van der Waals surface area contributed by atoms with Gasteiger partial charge < -0.3 is 0 Å². The van der Waals surface area contributed by atoms with E-state index in [2.05, 4.69) is 34.8 Å². The van der Waals surface area contributed by atoms with Gasteiger partial charge in [-0.15, -0.1) is 24.8 Å². The first-order chi connectivity index (χ1) is 14.0. The summed E-state index contributed by atoms with van der Waals surface area (Å²) in [6, 6.07) is 12.3. The molecule has 0 fully saturated rings. The summed E-state index contributed by atoms with van der Waals surface area (Å²) in [4.78, 5) is 8.27. The van der Waals surface area contributed by atoms with Crippen LogP contribution in [0.2, 0.25) is 18.1 Å². The summed E-state index contributed by atoms with van der Waals surface area (Å²) in [6.45, 7) is 11.6. The molecule has 3 rings (SSSR count). The van der Waals surface area contributed by atoms with Gasteiger partial charge in [-0.2, -0.15) is 13.4 Å². The fourth-order valence-electron chi connectivity index (χ4n) is 3.44. The van der Waals surface area contributed by atoms with Crippen LogP contribution in [0.15, 0.2) is 91.9 Å². The third kappa shape index (κ3) is 3.92. The molecule has 0 saturated carbocycles. The minimum absolute atomic E-state index is 0.225. The maximum absolute atomic E-state index is 13.9. The predicted octanol–water partition coefficient (Wildman–Crippen LogP) is 3.82.